The molecule has 0 unspecified atom stereocenters. The van der Waals surface area contributed by atoms with Crippen LogP contribution in [0, 0.1) is 0 Å². The molecular weight excluding hydrogens is 202 g/mol. The maximum Gasteiger partial charge on any atom is 0.0576 e. The zero-order valence-corrected chi connectivity index (χ0v) is 10.6. The fourth-order valence-electron chi connectivity index (χ4n) is 2.34. The third-order valence-corrected chi connectivity index (χ3v) is 3.49. The van der Waals surface area contributed by atoms with Gasteiger partial charge in [-0.05, 0) is 45.6 Å². The standard InChI is InChI=1S/C13H27NO2/c1-14-12-6-8-13(9-7-12)16-11-5-3-2-4-10-15/h12-15H,2-11H2,1H3. The summed E-state index contributed by atoms with van der Waals surface area (Å²) in [6, 6.07) is 0.712. The molecule has 0 aromatic rings. The molecule has 0 amide bonds. The maximum absolute atomic E-state index is 8.64. The van der Waals surface area contributed by atoms with Crippen molar-refractivity contribution in [3.8, 4) is 0 Å². The first-order chi connectivity index (χ1) is 7.86. The van der Waals surface area contributed by atoms with Crippen molar-refractivity contribution in [3.63, 3.8) is 0 Å². The van der Waals surface area contributed by atoms with Crippen LogP contribution in [-0.2, 0) is 4.74 Å². The minimum Gasteiger partial charge on any atom is -0.396 e. The smallest absolute Gasteiger partial charge is 0.0576 e. The lowest BCUT2D eigenvalue weighted by molar-refractivity contribution is 0.0209. The maximum atomic E-state index is 8.64. The van der Waals surface area contributed by atoms with Crippen LogP contribution in [0.4, 0.5) is 0 Å². The minimum absolute atomic E-state index is 0.328. The van der Waals surface area contributed by atoms with E-state index in [0.717, 1.165) is 25.9 Å². The summed E-state index contributed by atoms with van der Waals surface area (Å²) in [6.45, 7) is 1.23. The second kappa shape index (κ2) is 8.97. The second-order valence-corrected chi connectivity index (χ2v) is 4.77. The van der Waals surface area contributed by atoms with E-state index in [1.54, 1.807) is 0 Å². The van der Waals surface area contributed by atoms with E-state index in [2.05, 4.69) is 5.32 Å². The van der Waals surface area contributed by atoms with Gasteiger partial charge in [0.05, 0.1) is 6.10 Å². The number of unbranched alkanes of at least 4 members (excludes halogenated alkanes) is 3. The second-order valence-electron chi connectivity index (χ2n) is 4.77. The van der Waals surface area contributed by atoms with Crippen LogP contribution in [0.3, 0.4) is 0 Å². The normalized spacial score (nSPS) is 25.9. The molecule has 0 radical (unpaired) electrons. The molecule has 1 aliphatic rings. The molecule has 0 atom stereocenters. The first-order valence-electron chi connectivity index (χ1n) is 6.76. The molecule has 0 aromatic carbocycles. The van der Waals surface area contributed by atoms with E-state index in [0.29, 0.717) is 18.8 Å². The Kier molecular flexibility index (Phi) is 7.81. The van der Waals surface area contributed by atoms with Crippen LogP contribution in [0.15, 0.2) is 0 Å². The summed E-state index contributed by atoms with van der Waals surface area (Å²) in [5.41, 5.74) is 0. The highest BCUT2D eigenvalue weighted by Crippen LogP contribution is 2.21. The van der Waals surface area contributed by atoms with Gasteiger partial charge in [-0.1, -0.05) is 12.8 Å². The molecule has 0 spiro atoms. The Hall–Kier alpha value is -0.120. The quantitative estimate of drug-likeness (QED) is 0.626. The zero-order chi connectivity index (χ0) is 11.6. The lowest BCUT2D eigenvalue weighted by Gasteiger charge is -2.28. The van der Waals surface area contributed by atoms with Gasteiger partial charge in [0, 0.05) is 19.3 Å². The summed E-state index contributed by atoms with van der Waals surface area (Å²) in [7, 11) is 2.05. The molecule has 3 nitrogen and oxygen atoms in total. The van der Waals surface area contributed by atoms with Crippen LogP contribution in [0.25, 0.3) is 0 Å². The van der Waals surface area contributed by atoms with Gasteiger partial charge in [-0.3, -0.25) is 0 Å². The van der Waals surface area contributed by atoms with Crippen LogP contribution in [0.2, 0.25) is 0 Å². The van der Waals surface area contributed by atoms with Crippen molar-refractivity contribution in [2.45, 2.75) is 63.5 Å². The van der Waals surface area contributed by atoms with E-state index in [-0.39, 0.29) is 0 Å². The number of hydrogen-bond acceptors (Lipinski definition) is 3. The van der Waals surface area contributed by atoms with E-state index in [1.165, 1.54) is 32.1 Å². The first kappa shape index (κ1) is 13.9. The van der Waals surface area contributed by atoms with E-state index in [9.17, 15) is 0 Å². The molecule has 96 valence electrons. The Morgan fingerprint density at radius 2 is 1.75 bits per heavy atom. The van der Waals surface area contributed by atoms with E-state index >= 15 is 0 Å². The molecule has 1 aliphatic carbocycles. The van der Waals surface area contributed by atoms with Gasteiger partial charge in [-0.25, -0.2) is 0 Å². The van der Waals surface area contributed by atoms with E-state index in [1.807, 2.05) is 7.05 Å². The van der Waals surface area contributed by atoms with E-state index in [4.69, 9.17) is 9.84 Å². The summed E-state index contributed by atoms with van der Waals surface area (Å²) in [4.78, 5) is 0. The third kappa shape index (κ3) is 5.83. The predicted molar refractivity (Wildman–Crippen MR) is 66.6 cm³/mol. The van der Waals surface area contributed by atoms with Crippen molar-refractivity contribution in [3.05, 3.63) is 0 Å². The minimum atomic E-state index is 0.328. The zero-order valence-electron chi connectivity index (χ0n) is 10.6. The molecule has 0 heterocycles. The molecule has 0 aliphatic heterocycles. The van der Waals surface area contributed by atoms with Gasteiger partial charge in [-0.15, -0.1) is 0 Å². The molecule has 2 N–H and O–H groups in total. The first-order valence-corrected chi connectivity index (χ1v) is 6.76. The molecule has 0 saturated heterocycles. The van der Waals surface area contributed by atoms with Crippen molar-refractivity contribution in [2.75, 3.05) is 20.3 Å². The summed E-state index contributed by atoms with van der Waals surface area (Å²) >= 11 is 0. The summed E-state index contributed by atoms with van der Waals surface area (Å²) in [5, 5.41) is 12.0. The average Bonchev–Trinajstić information content (AvgIpc) is 2.34. The Morgan fingerprint density at radius 1 is 1.06 bits per heavy atom. The van der Waals surface area contributed by atoms with Gasteiger partial charge in [0.2, 0.25) is 0 Å². The molecule has 0 aromatic heterocycles. The SMILES string of the molecule is CNC1CCC(OCCCCCCO)CC1. The van der Waals surface area contributed by atoms with Crippen LogP contribution < -0.4 is 5.32 Å². The van der Waals surface area contributed by atoms with Gasteiger partial charge in [-0.2, -0.15) is 0 Å². The van der Waals surface area contributed by atoms with Crippen LogP contribution in [-0.4, -0.2) is 37.5 Å². The van der Waals surface area contributed by atoms with Gasteiger partial charge >= 0.3 is 0 Å². The van der Waals surface area contributed by atoms with Gasteiger partial charge in [0.1, 0.15) is 0 Å². The van der Waals surface area contributed by atoms with Gasteiger partial charge < -0.3 is 15.2 Å². The molecule has 3 heteroatoms. The monoisotopic (exact) mass is 229 g/mol. The lowest BCUT2D eigenvalue weighted by Crippen LogP contribution is -2.33. The van der Waals surface area contributed by atoms with Crippen molar-refractivity contribution < 1.29 is 9.84 Å². The van der Waals surface area contributed by atoms with Crippen molar-refractivity contribution >= 4 is 0 Å². The number of nitrogens with one attached hydrogen (secondary N) is 1. The predicted octanol–water partition coefficient (Wildman–Crippen LogP) is 2.09. The highest BCUT2D eigenvalue weighted by Gasteiger charge is 2.19. The van der Waals surface area contributed by atoms with Crippen molar-refractivity contribution in [2.24, 2.45) is 0 Å². The number of ether oxygens (including phenoxy) is 1. The topological polar surface area (TPSA) is 41.5 Å². The van der Waals surface area contributed by atoms with Gasteiger partial charge in [0.25, 0.3) is 0 Å². The Labute approximate surface area is 99.6 Å². The van der Waals surface area contributed by atoms with Crippen molar-refractivity contribution in [1.82, 2.24) is 5.32 Å². The summed E-state index contributed by atoms with van der Waals surface area (Å²) < 4.78 is 5.87. The summed E-state index contributed by atoms with van der Waals surface area (Å²) in [5.74, 6) is 0. The Bertz CT molecular complexity index is 156. The fourth-order valence-corrected chi connectivity index (χ4v) is 2.34. The largest absolute Gasteiger partial charge is 0.396 e. The molecule has 16 heavy (non-hydrogen) atoms. The molecule has 1 fully saturated rings. The average molecular weight is 229 g/mol. The van der Waals surface area contributed by atoms with E-state index < -0.39 is 0 Å². The molecule has 1 saturated carbocycles. The van der Waals surface area contributed by atoms with Gasteiger partial charge in [0.15, 0.2) is 0 Å². The van der Waals surface area contributed by atoms with Crippen LogP contribution >= 0.6 is 0 Å². The number of aliphatic hydroxyl groups excluding tert-OH is 1. The lowest BCUT2D eigenvalue weighted by atomic mass is 9.93. The highest BCUT2D eigenvalue weighted by molar-refractivity contribution is 4.76. The highest BCUT2D eigenvalue weighted by atomic mass is 16.5. The fraction of sp³-hybridized carbons (Fsp3) is 1.00. The Balaban J connectivity index is 1.90. The Morgan fingerprint density at radius 3 is 2.38 bits per heavy atom. The number of hydrogen-bond donors (Lipinski definition) is 2. The molecular formula is C13H27NO2. The third-order valence-electron chi connectivity index (χ3n) is 3.49. The number of aliphatic hydroxyl groups is 1. The molecule has 0 bridgehead atoms. The van der Waals surface area contributed by atoms with Crippen molar-refractivity contribution in [1.29, 1.82) is 0 Å². The number of rotatable bonds is 8. The molecule has 1 rings (SSSR count). The van der Waals surface area contributed by atoms with Crippen LogP contribution in [0.1, 0.15) is 51.4 Å². The summed E-state index contributed by atoms with van der Waals surface area (Å²) in [6.07, 6.45) is 9.84. The van der Waals surface area contributed by atoms with Crippen LogP contribution in [0.5, 0.6) is 0 Å².